The number of nitrogens with zero attached hydrogens (tertiary/aromatic N) is 1. The van der Waals surface area contributed by atoms with E-state index in [0.717, 1.165) is 11.1 Å². The van der Waals surface area contributed by atoms with E-state index in [9.17, 15) is 4.39 Å². The number of hydrogen-bond donors (Lipinski definition) is 2. The van der Waals surface area contributed by atoms with E-state index in [1.807, 2.05) is 13.0 Å². The van der Waals surface area contributed by atoms with Gasteiger partial charge in [-0.3, -0.25) is 0 Å². The number of halogens is 2. The number of benzene rings is 1. The standard InChI is InChI=1S/C14H15ClFN3/c1-8-5-6-19-14(17)12(8)13(18-2)10-7-9(15)3-4-11(10)16/h3-7,13,18H,1-2H3,(H2,17,19). The third-order valence-corrected chi connectivity index (χ3v) is 3.32. The summed E-state index contributed by atoms with van der Waals surface area (Å²) in [5.41, 5.74) is 8.09. The van der Waals surface area contributed by atoms with Crippen molar-refractivity contribution in [3.8, 4) is 0 Å². The summed E-state index contributed by atoms with van der Waals surface area (Å²) >= 11 is 5.94. The Morgan fingerprint density at radius 2 is 2.11 bits per heavy atom. The van der Waals surface area contributed by atoms with Crippen molar-refractivity contribution in [2.24, 2.45) is 0 Å². The van der Waals surface area contributed by atoms with Crippen molar-refractivity contribution in [1.82, 2.24) is 10.3 Å². The maximum atomic E-state index is 14.0. The number of rotatable bonds is 3. The van der Waals surface area contributed by atoms with E-state index in [1.165, 1.54) is 12.1 Å². The number of nitrogens with one attached hydrogen (secondary N) is 1. The van der Waals surface area contributed by atoms with Crippen molar-refractivity contribution in [3.63, 3.8) is 0 Å². The minimum absolute atomic E-state index is 0.327. The summed E-state index contributed by atoms with van der Waals surface area (Å²) in [5.74, 6) is 0.0603. The van der Waals surface area contributed by atoms with Gasteiger partial charge < -0.3 is 11.1 Å². The molecule has 3 nitrogen and oxygen atoms in total. The molecule has 1 heterocycles. The molecule has 0 fully saturated rings. The van der Waals surface area contributed by atoms with Crippen LogP contribution in [0.5, 0.6) is 0 Å². The van der Waals surface area contributed by atoms with Crippen molar-refractivity contribution in [2.45, 2.75) is 13.0 Å². The van der Waals surface area contributed by atoms with Crippen molar-refractivity contribution >= 4 is 17.4 Å². The summed E-state index contributed by atoms with van der Waals surface area (Å²) in [6, 6.07) is 5.94. The minimum Gasteiger partial charge on any atom is -0.383 e. The number of aromatic nitrogens is 1. The van der Waals surface area contributed by atoms with Crippen LogP contribution < -0.4 is 11.1 Å². The Balaban J connectivity index is 2.59. The Bertz CT molecular complexity index is 581. The van der Waals surface area contributed by atoms with Crippen LogP contribution in [0.25, 0.3) is 0 Å². The molecule has 3 N–H and O–H groups in total. The molecular weight excluding hydrogens is 265 g/mol. The van der Waals surface area contributed by atoms with Gasteiger partial charge in [0.05, 0.1) is 6.04 Å². The molecule has 0 amide bonds. The highest BCUT2D eigenvalue weighted by Gasteiger charge is 2.21. The third-order valence-electron chi connectivity index (χ3n) is 3.09. The van der Waals surface area contributed by atoms with E-state index in [1.54, 1.807) is 19.3 Å². The second kappa shape index (κ2) is 5.55. The first kappa shape index (κ1) is 13.8. The zero-order chi connectivity index (χ0) is 14.0. The van der Waals surface area contributed by atoms with Crippen molar-refractivity contribution < 1.29 is 4.39 Å². The lowest BCUT2D eigenvalue weighted by Gasteiger charge is -2.21. The lowest BCUT2D eigenvalue weighted by atomic mass is 9.95. The van der Waals surface area contributed by atoms with Crippen LogP contribution >= 0.6 is 11.6 Å². The van der Waals surface area contributed by atoms with Gasteiger partial charge in [0.1, 0.15) is 11.6 Å². The largest absolute Gasteiger partial charge is 0.383 e. The Morgan fingerprint density at radius 1 is 1.37 bits per heavy atom. The molecule has 0 radical (unpaired) electrons. The number of pyridine rings is 1. The van der Waals surface area contributed by atoms with Crippen LogP contribution in [0.4, 0.5) is 10.2 Å². The smallest absolute Gasteiger partial charge is 0.128 e. The Morgan fingerprint density at radius 3 is 2.74 bits per heavy atom. The van der Waals surface area contributed by atoms with Gasteiger partial charge in [0.25, 0.3) is 0 Å². The molecule has 0 saturated carbocycles. The number of aryl methyl sites for hydroxylation is 1. The molecule has 0 bridgehead atoms. The number of nitrogens with two attached hydrogens (primary N) is 1. The monoisotopic (exact) mass is 279 g/mol. The van der Waals surface area contributed by atoms with Crippen LogP contribution in [0.3, 0.4) is 0 Å². The van der Waals surface area contributed by atoms with Gasteiger partial charge in [-0.1, -0.05) is 11.6 Å². The Kier molecular flexibility index (Phi) is 4.02. The van der Waals surface area contributed by atoms with Crippen molar-refractivity contribution in [3.05, 3.63) is 58.0 Å². The first-order valence-electron chi connectivity index (χ1n) is 5.87. The first-order chi connectivity index (χ1) is 9.04. The highest BCUT2D eigenvalue weighted by Crippen LogP contribution is 2.31. The average molecular weight is 280 g/mol. The predicted molar refractivity (Wildman–Crippen MR) is 75.7 cm³/mol. The molecule has 0 aliphatic heterocycles. The molecule has 1 unspecified atom stereocenters. The van der Waals surface area contributed by atoms with Gasteiger partial charge in [0, 0.05) is 22.3 Å². The summed E-state index contributed by atoms with van der Waals surface area (Å²) in [6.07, 6.45) is 1.63. The van der Waals surface area contributed by atoms with E-state index < -0.39 is 0 Å². The third kappa shape index (κ3) is 2.69. The Labute approximate surface area is 116 Å². The summed E-state index contributed by atoms with van der Waals surface area (Å²) < 4.78 is 14.0. The summed E-state index contributed by atoms with van der Waals surface area (Å²) in [4.78, 5) is 4.07. The number of hydrogen-bond acceptors (Lipinski definition) is 3. The van der Waals surface area contributed by atoms with Crippen LogP contribution in [-0.2, 0) is 0 Å². The minimum atomic E-state index is -0.382. The maximum absolute atomic E-state index is 14.0. The summed E-state index contributed by atoms with van der Waals surface area (Å²) in [6.45, 7) is 1.92. The quantitative estimate of drug-likeness (QED) is 0.908. The van der Waals surface area contributed by atoms with Crippen LogP contribution in [0.1, 0.15) is 22.7 Å². The molecule has 2 rings (SSSR count). The second-order valence-electron chi connectivity index (χ2n) is 4.31. The van der Waals surface area contributed by atoms with Crippen LogP contribution in [-0.4, -0.2) is 12.0 Å². The zero-order valence-electron chi connectivity index (χ0n) is 10.7. The van der Waals surface area contributed by atoms with Crippen LogP contribution in [0.15, 0.2) is 30.5 Å². The average Bonchev–Trinajstić information content (AvgIpc) is 2.37. The lowest BCUT2D eigenvalue weighted by molar-refractivity contribution is 0.575. The fourth-order valence-electron chi connectivity index (χ4n) is 2.16. The van der Waals surface area contributed by atoms with E-state index in [4.69, 9.17) is 17.3 Å². The summed E-state index contributed by atoms with van der Waals surface area (Å²) in [5, 5.41) is 3.55. The predicted octanol–water partition coefficient (Wildman–Crippen LogP) is 3.07. The molecule has 0 aliphatic rings. The van der Waals surface area contributed by atoms with Gasteiger partial charge in [-0.05, 0) is 43.8 Å². The molecule has 2 aromatic rings. The fourth-order valence-corrected chi connectivity index (χ4v) is 2.34. The highest BCUT2D eigenvalue weighted by atomic mass is 35.5. The Hall–Kier alpha value is -1.65. The van der Waals surface area contributed by atoms with E-state index in [2.05, 4.69) is 10.3 Å². The van der Waals surface area contributed by atoms with Crippen LogP contribution in [0, 0.1) is 12.7 Å². The molecule has 0 aliphatic carbocycles. The summed E-state index contributed by atoms with van der Waals surface area (Å²) in [7, 11) is 1.75. The van der Waals surface area contributed by atoms with Gasteiger partial charge in [0.2, 0.25) is 0 Å². The molecule has 1 atom stereocenters. The number of anilines is 1. The van der Waals surface area contributed by atoms with Crippen molar-refractivity contribution in [1.29, 1.82) is 0 Å². The van der Waals surface area contributed by atoms with E-state index in [-0.39, 0.29) is 11.9 Å². The molecule has 0 saturated heterocycles. The van der Waals surface area contributed by atoms with Crippen LogP contribution in [0.2, 0.25) is 5.02 Å². The van der Waals surface area contributed by atoms with Crippen molar-refractivity contribution in [2.75, 3.05) is 12.8 Å². The highest BCUT2D eigenvalue weighted by molar-refractivity contribution is 6.30. The molecule has 100 valence electrons. The fraction of sp³-hybridized carbons (Fsp3) is 0.214. The van der Waals surface area contributed by atoms with Gasteiger partial charge >= 0.3 is 0 Å². The topological polar surface area (TPSA) is 50.9 Å². The molecule has 0 spiro atoms. The molecule has 1 aromatic heterocycles. The van der Waals surface area contributed by atoms with E-state index in [0.29, 0.717) is 16.4 Å². The number of nitrogen functional groups attached to an aromatic ring is 1. The normalized spacial score (nSPS) is 12.4. The maximum Gasteiger partial charge on any atom is 0.128 e. The van der Waals surface area contributed by atoms with E-state index >= 15 is 0 Å². The molecular formula is C14H15ClFN3. The molecule has 5 heteroatoms. The second-order valence-corrected chi connectivity index (χ2v) is 4.75. The first-order valence-corrected chi connectivity index (χ1v) is 6.25. The van der Waals surface area contributed by atoms with Gasteiger partial charge in [-0.15, -0.1) is 0 Å². The van der Waals surface area contributed by atoms with Gasteiger partial charge in [-0.2, -0.15) is 0 Å². The van der Waals surface area contributed by atoms with Gasteiger partial charge in [0.15, 0.2) is 0 Å². The van der Waals surface area contributed by atoms with Gasteiger partial charge in [-0.25, -0.2) is 9.37 Å². The zero-order valence-corrected chi connectivity index (χ0v) is 11.5. The lowest BCUT2D eigenvalue weighted by Crippen LogP contribution is -2.21. The molecule has 19 heavy (non-hydrogen) atoms. The SMILES string of the molecule is CNC(c1cc(Cl)ccc1F)c1c(C)ccnc1N. The molecule has 1 aromatic carbocycles.